The predicted molar refractivity (Wildman–Crippen MR) is 130 cm³/mol. The minimum absolute atomic E-state index is 0.118. The molecule has 2 aliphatic heterocycles. The Morgan fingerprint density at radius 2 is 1.63 bits per heavy atom. The number of aromatic nitrogens is 3. The van der Waals surface area contributed by atoms with Crippen molar-refractivity contribution in [3.05, 3.63) is 109 Å². The lowest BCUT2D eigenvalue weighted by molar-refractivity contribution is 0.104. The Kier molecular flexibility index (Phi) is 3.93. The Labute approximate surface area is 198 Å². The Hall–Kier alpha value is -4.33. The summed E-state index contributed by atoms with van der Waals surface area (Å²) >= 11 is 0. The number of ether oxygens (including phenoxy) is 1. The van der Waals surface area contributed by atoms with Crippen molar-refractivity contribution in [3.8, 4) is 5.75 Å². The summed E-state index contributed by atoms with van der Waals surface area (Å²) in [5.74, 6) is 0.0528. The molecule has 5 aromatic rings. The fourth-order valence-electron chi connectivity index (χ4n) is 5.98. The van der Waals surface area contributed by atoms with E-state index in [0.29, 0.717) is 34.5 Å². The van der Waals surface area contributed by atoms with Crippen molar-refractivity contribution in [2.24, 2.45) is 20.0 Å². The molecule has 3 aromatic heterocycles. The highest BCUT2D eigenvalue weighted by atomic mass is 16.5. The Bertz CT molecular complexity index is 1860. The molecule has 5 heterocycles. The van der Waals surface area contributed by atoms with E-state index in [4.69, 9.17) is 9.15 Å². The van der Waals surface area contributed by atoms with Gasteiger partial charge in [0.15, 0.2) is 0 Å². The molecular formula is C27H21N3O5. The fourth-order valence-corrected chi connectivity index (χ4v) is 5.98. The van der Waals surface area contributed by atoms with Crippen LogP contribution in [0.15, 0.2) is 79.5 Å². The maximum Gasteiger partial charge on any atom is 0.343 e. The van der Waals surface area contributed by atoms with Gasteiger partial charge in [-0.15, -0.1) is 0 Å². The average molecular weight is 467 g/mol. The van der Waals surface area contributed by atoms with Crippen LogP contribution in [0.2, 0.25) is 0 Å². The van der Waals surface area contributed by atoms with Gasteiger partial charge in [-0.2, -0.15) is 0 Å². The second-order valence-electron chi connectivity index (χ2n) is 9.34. The van der Waals surface area contributed by atoms with Gasteiger partial charge in [-0.1, -0.05) is 42.5 Å². The third kappa shape index (κ3) is 2.53. The van der Waals surface area contributed by atoms with Crippen LogP contribution in [-0.2, 0) is 20.6 Å². The Morgan fingerprint density at radius 3 is 2.43 bits per heavy atom. The van der Waals surface area contributed by atoms with E-state index >= 15 is 0 Å². The quantitative estimate of drug-likeness (QED) is 0.354. The first kappa shape index (κ1) is 20.1. The molecule has 174 valence electrons. The van der Waals surface area contributed by atoms with Crippen molar-refractivity contribution < 1.29 is 9.15 Å². The van der Waals surface area contributed by atoms with Gasteiger partial charge in [0.1, 0.15) is 23.1 Å². The first-order valence-electron chi connectivity index (χ1n) is 11.5. The molecule has 0 N–H and O–H groups in total. The van der Waals surface area contributed by atoms with Crippen LogP contribution < -0.4 is 21.6 Å². The summed E-state index contributed by atoms with van der Waals surface area (Å²) in [5.41, 5.74) is 2.13. The summed E-state index contributed by atoms with van der Waals surface area (Å²) in [7, 11) is 3.14. The number of benzene rings is 2. The van der Waals surface area contributed by atoms with Gasteiger partial charge in [0, 0.05) is 38.2 Å². The molecule has 0 bridgehead atoms. The van der Waals surface area contributed by atoms with E-state index in [0.717, 1.165) is 21.2 Å². The molecule has 8 heteroatoms. The van der Waals surface area contributed by atoms with Crippen LogP contribution in [0.5, 0.6) is 5.75 Å². The van der Waals surface area contributed by atoms with Gasteiger partial charge < -0.3 is 13.7 Å². The molecule has 0 aliphatic carbocycles. The van der Waals surface area contributed by atoms with Crippen LogP contribution >= 0.6 is 0 Å². The van der Waals surface area contributed by atoms with Crippen molar-refractivity contribution in [3.63, 3.8) is 0 Å². The van der Waals surface area contributed by atoms with Crippen LogP contribution in [-0.4, -0.2) is 13.7 Å². The standard InChI is InChI=1S/C27H21N3O5/c1-28-24-16(25(31)29(2)27(28)33)12-18-20-17(13-30(18)24)22(14-8-4-3-5-9-14)35-23-15-10-6-7-11-19(15)34-26(32)21(20)23/h3-12,17,20,22H,13H2,1-2H3/t17-,20-,22-/m1/s1. The molecule has 0 fully saturated rings. The third-order valence-corrected chi connectivity index (χ3v) is 7.54. The maximum atomic E-state index is 13.4. The van der Waals surface area contributed by atoms with Crippen LogP contribution in [0.1, 0.15) is 28.8 Å². The van der Waals surface area contributed by atoms with E-state index in [1.807, 2.05) is 59.2 Å². The number of hydrogen-bond donors (Lipinski definition) is 0. The lowest BCUT2D eigenvalue weighted by atomic mass is 9.78. The smallest absolute Gasteiger partial charge is 0.343 e. The van der Waals surface area contributed by atoms with E-state index in [-0.39, 0.29) is 29.2 Å². The Morgan fingerprint density at radius 1 is 0.886 bits per heavy atom. The number of aryl methyl sites for hydroxylation is 1. The second-order valence-corrected chi connectivity index (χ2v) is 9.34. The first-order chi connectivity index (χ1) is 17.0. The van der Waals surface area contributed by atoms with E-state index in [9.17, 15) is 14.4 Å². The summed E-state index contributed by atoms with van der Waals surface area (Å²) in [4.78, 5) is 39.0. The molecule has 2 aliphatic rings. The van der Waals surface area contributed by atoms with Crippen LogP contribution in [0.3, 0.4) is 0 Å². The molecule has 7 rings (SSSR count). The van der Waals surface area contributed by atoms with Crippen LogP contribution in [0.4, 0.5) is 0 Å². The average Bonchev–Trinajstić information content (AvgIpc) is 3.43. The van der Waals surface area contributed by atoms with Crippen molar-refractivity contribution >= 4 is 22.0 Å². The highest BCUT2D eigenvalue weighted by molar-refractivity contribution is 5.86. The lowest BCUT2D eigenvalue weighted by Gasteiger charge is -2.35. The number of para-hydroxylation sites is 1. The molecule has 35 heavy (non-hydrogen) atoms. The van der Waals surface area contributed by atoms with Crippen molar-refractivity contribution in [2.45, 2.75) is 18.6 Å². The monoisotopic (exact) mass is 467 g/mol. The SMILES string of the molecule is Cn1c(=O)c2cc3n(c2n(C)c1=O)C[C@@H]1[C@H]3c2c(c3ccccc3oc2=O)O[C@@H]1c1ccccc1. The topological polar surface area (TPSA) is 88.4 Å². The summed E-state index contributed by atoms with van der Waals surface area (Å²) < 4.78 is 17.0. The van der Waals surface area contributed by atoms with Crippen molar-refractivity contribution in [2.75, 3.05) is 0 Å². The molecule has 0 unspecified atom stereocenters. The van der Waals surface area contributed by atoms with Gasteiger partial charge in [-0.05, 0) is 23.8 Å². The zero-order chi connectivity index (χ0) is 24.0. The molecule has 0 spiro atoms. The maximum absolute atomic E-state index is 13.4. The minimum Gasteiger partial charge on any atom is -0.484 e. The fraction of sp³-hybridized carbons (Fsp3) is 0.222. The number of rotatable bonds is 1. The molecule has 0 amide bonds. The number of nitrogens with zero attached hydrogens (tertiary/aromatic N) is 3. The number of fused-ring (bicyclic) bond motifs is 9. The highest BCUT2D eigenvalue weighted by Gasteiger charge is 2.48. The Balaban J connectivity index is 1.58. The van der Waals surface area contributed by atoms with E-state index in [1.54, 1.807) is 13.1 Å². The lowest BCUT2D eigenvalue weighted by Crippen LogP contribution is -2.37. The molecule has 3 atom stereocenters. The zero-order valence-corrected chi connectivity index (χ0v) is 19.1. The molecule has 0 saturated heterocycles. The summed E-state index contributed by atoms with van der Waals surface area (Å²) in [6.07, 6.45) is -0.322. The van der Waals surface area contributed by atoms with Gasteiger partial charge in [-0.25, -0.2) is 9.59 Å². The first-order valence-corrected chi connectivity index (χ1v) is 11.5. The van der Waals surface area contributed by atoms with Gasteiger partial charge in [-0.3, -0.25) is 13.9 Å². The molecule has 0 radical (unpaired) electrons. The van der Waals surface area contributed by atoms with Crippen molar-refractivity contribution in [1.29, 1.82) is 0 Å². The highest BCUT2D eigenvalue weighted by Crippen LogP contribution is 2.54. The zero-order valence-electron chi connectivity index (χ0n) is 19.1. The molecular weight excluding hydrogens is 446 g/mol. The third-order valence-electron chi connectivity index (χ3n) is 7.54. The van der Waals surface area contributed by atoms with Gasteiger partial charge in [0.05, 0.1) is 16.3 Å². The summed E-state index contributed by atoms with van der Waals surface area (Å²) in [6.45, 7) is 0.495. The summed E-state index contributed by atoms with van der Waals surface area (Å²) in [5, 5.41) is 1.19. The van der Waals surface area contributed by atoms with E-state index in [2.05, 4.69) is 0 Å². The van der Waals surface area contributed by atoms with Crippen LogP contribution in [0.25, 0.3) is 22.0 Å². The van der Waals surface area contributed by atoms with Gasteiger partial charge in [0.2, 0.25) is 0 Å². The second kappa shape index (κ2) is 6.85. The number of hydrogen-bond acceptors (Lipinski definition) is 5. The predicted octanol–water partition coefficient (Wildman–Crippen LogP) is 3.04. The van der Waals surface area contributed by atoms with Gasteiger partial charge in [0.25, 0.3) is 5.56 Å². The summed E-state index contributed by atoms with van der Waals surface area (Å²) in [6, 6.07) is 19.1. The van der Waals surface area contributed by atoms with E-state index in [1.165, 1.54) is 11.6 Å². The van der Waals surface area contributed by atoms with Crippen molar-refractivity contribution in [1.82, 2.24) is 13.7 Å². The molecule has 0 saturated carbocycles. The van der Waals surface area contributed by atoms with E-state index < -0.39 is 5.63 Å². The largest absolute Gasteiger partial charge is 0.484 e. The normalized spacial score (nSPS) is 20.5. The molecule has 8 nitrogen and oxygen atoms in total. The minimum atomic E-state index is -0.444. The van der Waals surface area contributed by atoms with Crippen LogP contribution in [0, 0.1) is 5.92 Å². The van der Waals surface area contributed by atoms with Gasteiger partial charge >= 0.3 is 11.3 Å². The molecule has 2 aromatic carbocycles.